The van der Waals surface area contributed by atoms with Gasteiger partial charge in [-0.05, 0) is 60.9 Å². The van der Waals surface area contributed by atoms with E-state index in [1.165, 1.54) is 11.0 Å². The van der Waals surface area contributed by atoms with Crippen molar-refractivity contribution >= 4 is 11.9 Å². The fourth-order valence-corrected chi connectivity index (χ4v) is 3.42. The van der Waals surface area contributed by atoms with Crippen molar-refractivity contribution in [3.05, 3.63) is 65.0 Å². The third-order valence-electron chi connectivity index (χ3n) is 5.62. The van der Waals surface area contributed by atoms with E-state index in [0.717, 1.165) is 31.2 Å². The van der Waals surface area contributed by atoms with Crippen molar-refractivity contribution in [3.63, 3.8) is 0 Å². The number of terminal acetylenes is 1. The Kier molecular flexibility index (Phi) is 11.1. The Hall–Kier alpha value is -3.91. The Labute approximate surface area is 216 Å². The summed E-state index contributed by atoms with van der Waals surface area (Å²) in [6, 6.07) is 10.8. The minimum atomic E-state index is -2.72. The predicted molar refractivity (Wildman–Crippen MR) is 139 cm³/mol. The van der Waals surface area contributed by atoms with Crippen molar-refractivity contribution in [1.29, 1.82) is 0 Å². The van der Waals surface area contributed by atoms with Crippen LogP contribution in [0.25, 0.3) is 0 Å². The highest BCUT2D eigenvalue weighted by Gasteiger charge is 2.32. The molecule has 5 nitrogen and oxygen atoms in total. The SMILES string of the molecule is C#C.CC.CN1C(=O)[C@@H](c2ccc(F)c(C#CC3CC3)c2)N=C1N.FC(F)Oc1ccccc1C1CC1. The molecular weight excluding hydrogens is 479 g/mol. The van der Waals surface area contributed by atoms with Gasteiger partial charge in [-0.2, -0.15) is 8.78 Å². The molecular formula is C29H32F3N3O2. The highest BCUT2D eigenvalue weighted by molar-refractivity contribution is 6.04. The number of para-hydroxylation sites is 1. The van der Waals surface area contributed by atoms with E-state index in [9.17, 15) is 18.0 Å². The van der Waals surface area contributed by atoms with Gasteiger partial charge < -0.3 is 10.5 Å². The van der Waals surface area contributed by atoms with Crippen LogP contribution in [0.3, 0.4) is 0 Å². The summed E-state index contributed by atoms with van der Waals surface area (Å²) < 4.78 is 42.1. The number of alkyl halides is 2. The molecule has 0 aromatic heterocycles. The molecule has 2 aromatic rings. The first kappa shape index (κ1) is 29.3. The Morgan fingerprint density at radius 1 is 1.11 bits per heavy atom. The molecule has 2 aromatic carbocycles. The second-order valence-electron chi connectivity index (χ2n) is 8.26. The summed E-state index contributed by atoms with van der Waals surface area (Å²) in [5.74, 6) is 6.61. The second kappa shape index (κ2) is 14.0. The molecule has 1 amide bonds. The van der Waals surface area contributed by atoms with E-state index in [0.29, 0.717) is 28.7 Å². The summed E-state index contributed by atoms with van der Waals surface area (Å²) in [6.45, 7) is 1.28. The molecule has 37 heavy (non-hydrogen) atoms. The first-order chi connectivity index (χ1) is 17.8. The number of carbonyl (C=O) groups is 1. The van der Waals surface area contributed by atoms with Gasteiger partial charge >= 0.3 is 6.61 Å². The maximum atomic E-state index is 13.7. The number of ether oxygens (including phenoxy) is 1. The van der Waals surface area contributed by atoms with Crippen LogP contribution < -0.4 is 10.5 Å². The molecule has 0 radical (unpaired) electrons. The van der Waals surface area contributed by atoms with Crippen LogP contribution in [0, 0.1) is 36.4 Å². The summed E-state index contributed by atoms with van der Waals surface area (Å²) >= 11 is 0. The lowest BCUT2D eigenvalue weighted by molar-refractivity contribution is -0.126. The van der Waals surface area contributed by atoms with E-state index in [-0.39, 0.29) is 17.7 Å². The summed E-state index contributed by atoms with van der Waals surface area (Å²) in [7, 11) is 1.57. The summed E-state index contributed by atoms with van der Waals surface area (Å²) in [4.78, 5) is 17.4. The van der Waals surface area contributed by atoms with Crippen molar-refractivity contribution < 1.29 is 22.7 Å². The fourth-order valence-electron chi connectivity index (χ4n) is 3.42. The summed E-state index contributed by atoms with van der Waals surface area (Å²) in [6.07, 6.45) is 12.3. The van der Waals surface area contributed by atoms with E-state index in [4.69, 9.17) is 5.73 Å². The average molecular weight is 512 g/mol. The van der Waals surface area contributed by atoms with E-state index in [1.807, 2.05) is 26.0 Å². The highest BCUT2D eigenvalue weighted by Crippen LogP contribution is 2.44. The molecule has 5 rings (SSSR count). The number of guanidine groups is 1. The Morgan fingerprint density at radius 3 is 2.30 bits per heavy atom. The number of nitrogens with zero attached hydrogens (tertiary/aromatic N) is 2. The third-order valence-corrected chi connectivity index (χ3v) is 5.62. The number of halogens is 3. The maximum Gasteiger partial charge on any atom is 0.387 e. The third kappa shape index (κ3) is 8.32. The van der Waals surface area contributed by atoms with Crippen LogP contribution in [0.4, 0.5) is 13.2 Å². The predicted octanol–water partition coefficient (Wildman–Crippen LogP) is 5.86. The zero-order valence-corrected chi connectivity index (χ0v) is 21.3. The van der Waals surface area contributed by atoms with E-state index >= 15 is 0 Å². The van der Waals surface area contributed by atoms with Crippen molar-refractivity contribution in [2.24, 2.45) is 16.6 Å². The molecule has 8 heteroatoms. The number of nitrogens with two attached hydrogens (primary N) is 1. The van der Waals surface area contributed by atoms with Gasteiger partial charge in [-0.3, -0.25) is 9.69 Å². The van der Waals surface area contributed by atoms with Crippen molar-refractivity contribution in [2.45, 2.75) is 58.1 Å². The maximum absolute atomic E-state index is 13.7. The van der Waals surface area contributed by atoms with E-state index in [1.54, 1.807) is 31.3 Å². The number of amides is 1. The van der Waals surface area contributed by atoms with Crippen LogP contribution in [0.1, 0.15) is 68.2 Å². The molecule has 0 unspecified atom stereocenters. The summed E-state index contributed by atoms with van der Waals surface area (Å²) in [5, 5.41) is 0. The standard InChI is InChI=1S/C15H14FN3O.C10H10F2O.C2H6.C2H2/c1-19-14(20)13(18-15(19)17)11-6-7-12(16)10(8-11)5-4-9-2-3-9;11-10(12)13-9-4-2-1-3-8(9)7-5-6-7;2*1-2/h6-9,13H,2-3H2,1H3,(H2,17,18);1-4,7,10H,5-6H2;1-2H3;1-2H/t13-;;;/m1.../s1. The minimum absolute atomic E-state index is 0.176. The monoisotopic (exact) mass is 511 g/mol. The van der Waals surface area contributed by atoms with Crippen molar-refractivity contribution in [3.8, 4) is 30.4 Å². The van der Waals surface area contributed by atoms with Gasteiger partial charge in [0.2, 0.25) is 0 Å². The lowest BCUT2D eigenvalue weighted by atomic mass is 10.0. The van der Waals surface area contributed by atoms with Crippen LogP contribution in [-0.2, 0) is 4.79 Å². The Bertz CT molecular complexity index is 1180. The van der Waals surface area contributed by atoms with Crippen LogP contribution >= 0.6 is 0 Å². The Balaban J connectivity index is 0.000000245. The molecule has 2 fully saturated rings. The number of rotatable bonds is 4. The molecule has 196 valence electrons. The topological polar surface area (TPSA) is 67.9 Å². The Morgan fingerprint density at radius 2 is 1.76 bits per heavy atom. The molecule has 3 aliphatic rings. The molecule has 0 bridgehead atoms. The normalized spacial score (nSPS) is 17.5. The molecule has 2 saturated carbocycles. The quantitative estimate of drug-likeness (QED) is 0.523. The van der Waals surface area contributed by atoms with Crippen LogP contribution in [0.5, 0.6) is 5.75 Å². The van der Waals surface area contributed by atoms with Gasteiger partial charge in [0, 0.05) is 13.0 Å². The van der Waals surface area contributed by atoms with Gasteiger partial charge in [-0.25, -0.2) is 9.38 Å². The lowest BCUT2D eigenvalue weighted by Gasteiger charge is -2.10. The minimum Gasteiger partial charge on any atom is -0.435 e. The molecule has 0 saturated heterocycles. The van der Waals surface area contributed by atoms with E-state index < -0.39 is 12.7 Å². The number of hydrogen-bond donors (Lipinski definition) is 1. The largest absolute Gasteiger partial charge is 0.435 e. The lowest BCUT2D eigenvalue weighted by Crippen LogP contribution is -2.34. The molecule has 1 atom stereocenters. The fraction of sp³-hybridized carbons (Fsp3) is 0.379. The first-order valence-corrected chi connectivity index (χ1v) is 12.1. The van der Waals surface area contributed by atoms with Gasteiger partial charge in [-0.1, -0.05) is 50.0 Å². The van der Waals surface area contributed by atoms with Crippen LogP contribution in [-0.4, -0.2) is 30.4 Å². The number of likely N-dealkylation sites (N-methyl/N-ethyl adjacent to an activating group) is 1. The molecule has 1 heterocycles. The highest BCUT2D eigenvalue weighted by atomic mass is 19.3. The molecule has 2 N–H and O–H groups in total. The zero-order valence-electron chi connectivity index (χ0n) is 21.3. The molecule has 0 spiro atoms. The van der Waals surface area contributed by atoms with Crippen molar-refractivity contribution in [1.82, 2.24) is 4.90 Å². The number of benzene rings is 2. The number of hydrogen-bond acceptors (Lipinski definition) is 4. The number of aliphatic imine (C=N–C) groups is 1. The van der Waals surface area contributed by atoms with Crippen LogP contribution in [0.2, 0.25) is 0 Å². The van der Waals surface area contributed by atoms with Gasteiger partial charge in [0.25, 0.3) is 5.91 Å². The second-order valence-corrected chi connectivity index (χ2v) is 8.26. The van der Waals surface area contributed by atoms with Gasteiger partial charge in [0.1, 0.15) is 11.6 Å². The molecule has 2 aliphatic carbocycles. The smallest absolute Gasteiger partial charge is 0.387 e. The molecule has 1 aliphatic heterocycles. The van der Waals surface area contributed by atoms with Gasteiger partial charge in [0.05, 0.1) is 5.56 Å². The zero-order chi connectivity index (χ0) is 27.5. The first-order valence-electron chi connectivity index (χ1n) is 12.1. The number of carbonyl (C=O) groups excluding carboxylic acids is 1. The van der Waals surface area contributed by atoms with Crippen LogP contribution in [0.15, 0.2) is 47.5 Å². The van der Waals surface area contributed by atoms with Crippen molar-refractivity contribution in [2.75, 3.05) is 7.05 Å². The average Bonchev–Trinajstić information content (AvgIpc) is 3.83. The van der Waals surface area contributed by atoms with Gasteiger partial charge in [0.15, 0.2) is 12.0 Å². The summed E-state index contributed by atoms with van der Waals surface area (Å²) in [5.41, 5.74) is 7.47. The van der Waals surface area contributed by atoms with E-state index in [2.05, 4.69) is 34.4 Å². The van der Waals surface area contributed by atoms with Gasteiger partial charge in [-0.15, -0.1) is 12.8 Å².